The average molecular weight is 303 g/mol. The molecule has 3 nitrogen and oxygen atoms in total. The highest BCUT2D eigenvalue weighted by atomic mass is 35.5. The number of nitrogens with zero attached hydrogens (tertiary/aromatic N) is 1. The Balaban J connectivity index is 2.10. The lowest BCUT2D eigenvalue weighted by molar-refractivity contribution is -0.118. The molecule has 0 aromatic heterocycles. The van der Waals surface area contributed by atoms with Crippen LogP contribution in [0.5, 0.6) is 0 Å². The first-order valence-electron chi connectivity index (χ1n) is 6.29. The fourth-order valence-corrected chi connectivity index (χ4v) is 2.03. The first-order valence-corrected chi connectivity index (χ1v) is 6.67. The smallest absolute Gasteiger partial charge is 0.242 e. The van der Waals surface area contributed by atoms with Gasteiger partial charge in [-0.25, -0.2) is 4.39 Å². The fourth-order valence-electron chi connectivity index (χ4n) is 1.86. The minimum atomic E-state index is -0.897. The summed E-state index contributed by atoms with van der Waals surface area (Å²) < 4.78 is 13.6. The number of anilines is 1. The molecule has 0 fully saturated rings. The van der Waals surface area contributed by atoms with Crippen LogP contribution in [0, 0.1) is 23.1 Å². The number of hydrogen-bond acceptors (Lipinski definition) is 2. The first-order chi connectivity index (χ1) is 10.1. The SMILES string of the molecule is N#CC(Cc1ccccc1)C(=O)Nc1cc(Cl)ccc1F. The van der Waals surface area contributed by atoms with Crippen molar-refractivity contribution in [3.63, 3.8) is 0 Å². The largest absolute Gasteiger partial charge is 0.322 e. The lowest BCUT2D eigenvalue weighted by Gasteiger charge is -2.11. The van der Waals surface area contributed by atoms with Crippen molar-refractivity contribution in [3.05, 3.63) is 64.9 Å². The summed E-state index contributed by atoms with van der Waals surface area (Å²) in [6.45, 7) is 0. The van der Waals surface area contributed by atoms with Crippen molar-refractivity contribution in [1.82, 2.24) is 0 Å². The van der Waals surface area contributed by atoms with Crippen molar-refractivity contribution in [3.8, 4) is 6.07 Å². The van der Waals surface area contributed by atoms with Gasteiger partial charge in [0.1, 0.15) is 11.7 Å². The Morgan fingerprint density at radius 3 is 2.67 bits per heavy atom. The molecule has 1 N–H and O–H groups in total. The van der Waals surface area contributed by atoms with Crippen LogP contribution in [0.2, 0.25) is 5.02 Å². The van der Waals surface area contributed by atoms with Gasteiger partial charge in [-0.1, -0.05) is 41.9 Å². The van der Waals surface area contributed by atoms with Gasteiger partial charge in [-0.15, -0.1) is 0 Å². The Hall–Kier alpha value is -2.38. The molecule has 0 aliphatic rings. The highest BCUT2D eigenvalue weighted by molar-refractivity contribution is 6.30. The maximum atomic E-state index is 13.6. The van der Waals surface area contributed by atoms with Crippen LogP contribution in [0.3, 0.4) is 0 Å². The van der Waals surface area contributed by atoms with E-state index in [1.165, 1.54) is 12.1 Å². The third-order valence-electron chi connectivity index (χ3n) is 2.94. The fraction of sp³-hybridized carbons (Fsp3) is 0.125. The standard InChI is InChI=1S/C16H12ClFN2O/c17-13-6-7-14(18)15(9-13)20-16(21)12(10-19)8-11-4-2-1-3-5-11/h1-7,9,12H,8H2,(H,20,21). The van der Waals surface area contributed by atoms with Crippen molar-refractivity contribution in [1.29, 1.82) is 5.26 Å². The van der Waals surface area contributed by atoms with Crippen molar-refractivity contribution >= 4 is 23.2 Å². The molecule has 2 rings (SSSR count). The molecule has 0 heterocycles. The van der Waals surface area contributed by atoms with Crippen molar-refractivity contribution in [2.75, 3.05) is 5.32 Å². The van der Waals surface area contributed by atoms with Gasteiger partial charge in [0.25, 0.3) is 0 Å². The zero-order chi connectivity index (χ0) is 15.2. The Kier molecular flexibility index (Phi) is 4.91. The van der Waals surface area contributed by atoms with Crippen LogP contribution in [0.25, 0.3) is 0 Å². The minimum Gasteiger partial charge on any atom is -0.322 e. The molecule has 2 aromatic rings. The maximum absolute atomic E-state index is 13.6. The van der Waals surface area contributed by atoms with Crippen molar-refractivity contribution in [2.24, 2.45) is 5.92 Å². The van der Waals surface area contributed by atoms with Gasteiger partial charge < -0.3 is 5.32 Å². The van der Waals surface area contributed by atoms with E-state index in [0.29, 0.717) is 5.02 Å². The van der Waals surface area contributed by atoms with E-state index in [1.54, 1.807) is 0 Å². The highest BCUT2D eigenvalue weighted by Crippen LogP contribution is 2.20. The summed E-state index contributed by atoms with van der Waals surface area (Å²) in [5.41, 5.74) is 0.839. The molecule has 0 bridgehead atoms. The van der Waals surface area contributed by atoms with Crippen molar-refractivity contribution in [2.45, 2.75) is 6.42 Å². The van der Waals surface area contributed by atoms with Gasteiger partial charge in [0.15, 0.2) is 0 Å². The number of carbonyl (C=O) groups excluding carboxylic acids is 1. The number of nitriles is 1. The molecule has 0 aliphatic carbocycles. The molecule has 106 valence electrons. The summed E-state index contributed by atoms with van der Waals surface area (Å²) in [6.07, 6.45) is 0.269. The number of halogens is 2. The Morgan fingerprint density at radius 2 is 2.00 bits per heavy atom. The first kappa shape index (κ1) is 15.0. The molecule has 1 amide bonds. The minimum absolute atomic E-state index is 0.0270. The Morgan fingerprint density at radius 1 is 1.29 bits per heavy atom. The Labute approximate surface area is 127 Å². The van der Waals surface area contributed by atoms with E-state index in [4.69, 9.17) is 16.9 Å². The lowest BCUT2D eigenvalue weighted by Crippen LogP contribution is -2.24. The number of amides is 1. The van der Waals surface area contributed by atoms with Crippen LogP contribution in [-0.4, -0.2) is 5.91 Å². The van der Waals surface area contributed by atoms with Gasteiger partial charge in [0.2, 0.25) is 5.91 Å². The predicted octanol–water partition coefficient (Wildman–Crippen LogP) is 3.80. The van der Waals surface area contributed by atoms with Crippen LogP contribution in [0.15, 0.2) is 48.5 Å². The second-order valence-electron chi connectivity index (χ2n) is 4.48. The summed E-state index contributed by atoms with van der Waals surface area (Å²) >= 11 is 5.76. The van der Waals surface area contributed by atoms with E-state index in [-0.39, 0.29) is 12.1 Å². The molecular formula is C16H12ClFN2O. The van der Waals surface area contributed by atoms with Crippen LogP contribution in [0.4, 0.5) is 10.1 Å². The predicted molar refractivity (Wildman–Crippen MR) is 79.3 cm³/mol. The van der Waals surface area contributed by atoms with Gasteiger partial charge in [-0.05, 0) is 30.2 Å². The summed E-state index contributed by atoms with van der Waals surface area (Å²) in [5, 5.41) is 11.8. The lowest BCUT2D eigenvalue weighted by atomic mass is 10.00. The van der Waals surface area contributed by atoms with E-state index in [9.17, 15) is 9.18 Å². The summed E-state index contributed by atoms with van der Waals surface area (Å²) in [7, 11) is 0. The third kappa shape index (κ3) is 4.04. The molecular weight excluding hydrogens is 291 g/mol. The molecule has 0 aliphatic heterocycles. The molecule has 0 saturated heterocycles. The number of rotatable bonds is 4. The molecule has 1 unspecified atom stereocenters. The molecule has 2 aromatic carbocycles. The van der Waals surface area contributed by atoms with E-state index in [0.717, 1.165) is 11.6 Å². The molecule has 21 heavy (non-hydrogen) atoms. The highest BCUT2D eigenvalue weighted by Gasteiger charge is 2.19. The number of benzene rings is 2. The number of carbonyl (C=O) groups is 1. The van der Waals surface area contributed by atoms with Gasteiger partial charge in [-0.2, -0.15) is 5.26 Å². The molecule has 0 radical (unpaired) electrons. The zero-order valence-corrected chi connectivity index (χ0v) is 11.8. The van der Waals surface area contributed by atoms with E-state index >= 15 is 0 Å². The quantitative estimate of drug-likeness (QED) is 0.934. The van der Waals surface area contributed by atoms with Crippen molar-refractivity contribution < 1.29 is 9.18 Å². The molecule has 5 heteroatoms. The maximum Gasteiger partial charge on any atom is 0.242 e. The summed E-state index contributed by atoms with van der Waals surface area (Å²) in [4.78, 5) is 12.1. The van der Waals surface area contributed by atoms with Crippen LogP contribution < -0.4 is 5.32 Å². The average Bonchev–Trinajstić information content (AvgIpc) is 2.49. The summed E-state index contributed by atoms with van der Waals surface area (Å²) in [5.74, 6) is -2.04. The number of nitrogens with one attached hydrogen (secondary N) is 1. The summed E-state index contributed by atoms with van der Waals surface area (Å²) in [6, 6.07) is 15.0. The van der Waals surface area contributed by atoms with Crippen LogP contribution in [-0.2, 0) is 11.2 Å². The van der Waals surface area contributed by atoms with Crippen LogP contribution in [0.1, 0.15) is 5.56 Å². The monoisotopic (exact) mass is 302 g/mol. The molecule has 0 spiro atoms. The van der Waals surface area contributed by atoms with Gasteiger partial charge in [0.05, 0.1) is 11.8 Å². The zero-order valence-electron chi connectivity index (χ0n) is 11.0. The normalized spacial score (nSPS) is 11.5. The van der Waals surface area contributed by atoms with Gasteiger partial charge in [-0.3, -0.25) is 4.79 Å². The third-order valence-corrected chi connectivity index (χ3v) is 3.18. The second kappa shape index (κ2) is 6.87. The molecule has 0 saturated carbocycles. The molecule has 1 atom stereocenters. The Bertz CT molecular complexity index is 682. The van der Waals surface area contributed by atoms with E-state index < -0.39 is 17.6 Å². The number of hydrogen-bond donors (Lipinski definition) is 1. The van der Waals surface area contributed by atoms with Crippen LogP contribution >= 0.6 is 11.6 Å². The van der Waals surface area contributed by atoms with Gasteiger partial charge >= 0.3 is 0 Å². The second-order valence-corrected chi connectivity index (χ2v) is 4.92. The van der Waals surface area contributed by atoms with E-state index in [1.807, 2.05) is 36.4 Å². The van der Waals surface area contributed by atoms with E-state index in [2.05, 4.69) is 5.32 Å². The van der Waals surface area contributed by atoms with Gasteiger partial charge in [0, 0.05) is 5.02 Å². The topological polar surface area (TPSA) is 52.9 Å².